The van der Waals surface area contributed by atoms with Crippen LogP contribution in [0.4, 0.5) is 0 Å². The van der Waals surface area contributed by atoms with Gasteiger partial charge in [0.2, 0.25) is 0 Å². The highest BCUT2D eigenvalue weighted by Crippen LogP contribution is 2.20. The second-order valence-electron chi connectivity index (χ2n) is 2.96. The number of aromatic carboxylic acids is 1. The Morgan fingerprint density at radius 3 is 2.81 bits per heavy atom. The Morgan fingerprint density at radius 1 is 1.50 bits per heavy atom. The number of carboxylic acids is 1. The standard InChI is InChI=1S/C10H8N2O4/c1-15-6-2-3-7(11-5-6)9-4-8(10(13)14)12-16-9/h2-5H,1H3,(H,13,14). The summed E-state index contributed by atoms with van der Waals surface area (Å²) < 4.78 is 9.80. The summed E-state index contributed by atoms with van der Waals surface area (Å²) >= 11 is 0. The van der Waals surface area contributed by atoms with Crippen LogP contribution in [0.3, 0.4) is 0 Å². The van der Waals surface area contributed by atoms with Crippen LogP contribution >= 0.6 is 0 Å². The highest BCUT2D eigenvalue weighted by molar-refractivity contribution is 5.86. The van der Waals surface area contributed by atoms with E-state index in [2.05, 4.69) is 10.1 Å². The fourth-order valence-electron chi connectivity index (χ4n) is 1.14. The van der Waals surface area contributed by atoms with Crippen LogP contribution in [-0.4, -0.2) is 28.3 Å². The molecule has 0 fully saturated rings. The predicted octanol–water partition coefficient (Wildman–Crippen LogP) is 1.44. The maximum Gasteiger partial charge on any atom is 0.358 e. The molecule has 1 N–H and O–H groups in total. The second kappa shape index (κ2) is 4.01. The molecule has 0 unspecified atom stereocenters. The molecule has 82 valence electrons. The SMILES string of the molecule is COc1ccc(-c2cc(C(=O)O)no2)nc1. The molecule has 0 spiro atoms. The molecule has 0 saturated carbocycles. The molecule has 2 rings (SSSR count). The van der Waals surface area contributed by atoms with Crippen molar-refractivity contribution >= 4 is 5.97 Å². The van der Waals surface area contributed by atoms with Gasteiger partial charge in [0.25, 0.3) is 0 Å². The fourth-order valence-corrected chi connectivity index (χ4v) is 1.14. The molecular weight excluding hydrogens is 212 g/mol. The maximum atomic E-state index is 10.6. The summed E-state index contributed by atoms with van der Waals surface area (Å²) in [5.41, 5.74) is 0.355. The molecule has 2 aromatic heterocycles. The minimum atomic E-state index is -1.14. The lowest BCUT2D eigenvalue weighted by molar-refractivity contribution is 0.0686. The first kappa shape index (κ1) is 10.2. The molecule has 0 radical (unpaired) electrons. The Labute approximate surface area is 90.5 Å². The lowest BCUT2D eigenvalue weighted by Gasteiger charge is -1.98. The Morgan fingerprint density at radius 2 is 2.31 bits per heavy atom. The van der Waals surface area contributed by atoms with Gasteiger partial charge in [0.1, 0.15) is 11.4 Å². The minimum Gasteiger partial charge on any atom is -0.495 e. The second-order valence-corrected chi connectivity index (χ2v) is 2.96. The molecule has 6 heteroatoms. The first-order valence-corrected chi connectivity index (χ1v) is 4.41. The molecule has 6 nitrogen and oxygen atoms in total. The number of carbonyl (C=O) groups is 1. The van der Waals surface area contributed by atoms with Crippen LogP contribution in [0.1, 0.15) is 10.5 Å². The van der Waals surface area contributed by atoms with Gasteiger partial charge in [-0.25, -0.2) is 9.78 Å². The van der Waals surface area contributed by atoms with Gasteiger partial charge in [-0.05, 0) is 12.1 Å². The average Bonchev–Trinajstić information content (AvgIpc) is 2.78. The minimum absolute atomic E-state index is 0.146. The largest absolute Gasteiger partial charge is 0.495 e. The van der Waals surface area contributed by atoms with Crippen molar-refractivity contribution in [1.29, 1.82) is 0 Å². The zero-order valence-corrected chi connectivity index (χ0v) is 8.38. The van der Waals surface area contributed by atoms with E-state index < -0.39 is 5.97 Å². The van der Waals surface area contributed by atoms with Crippen molar-refractivity contribution in [2.45, 2.75) is 0 Å². The number of aromatic nitrogens is 2. The molecule has 0 saturated heterocycles. The molecule has 0 atom stereocenters. The van der Waals surface area contributed by atoms with Crippen LogP contribution in [-0.2, 0) is 0 Å². The topological polar surface area (TPSA) is 85.5 Å². The molecule has 16 heavy (non-hydrogen) atoms. The molecule has 0 aliphatic rings. The molecule has 0 aliphatic heterocycles. The number of ether oxygens (including phenoxy) is 1. The van der Waals surface area contributed by atoms with Gasteiger partial charge in [0.15, 0.2) is 11.5 Å². The summed E-state index contributed by atoms with van der Waals surface area (Å²) in [6.45, 7) is 0. The van der Waals surface area contributed by atoms with Crippen molar-refractivity contribution in [1.82, 2.24) is 10.1 Å². The first-order valence-electron chi connectivity index (χ1n) is 4.41. The molecule has 0 aromatic carbocycles. The molecule has 2 aromatic rings. The molecule has 0 amide bonds. The third kappa shape index (κ3) is 1.85. The van der Waals surface area contributed by atoms with Crippen LogP contribution in [0.15, 0.2) is 28.9 Å². The molecule has 2 heterocycles. The van der Waals surface area contributed by atoms with E-state index in [0.717, 1.165) is 0 Å². The van der Waals surface area contributed by atoms with Crippen LogP contribution in [0.5, 0.6) is 5.75 Å². The molecular formula is C10H8N2O4. The van der Waals surface area contributed by atoms with Crippen molar-refractivity contribution in [3.8, 4) is 17.2 Å². The van der Waals surface area contributed by atoms with Crippen LogP contribution in [0, 0.1) is 0 Å². The number of rotatable bonds is 3. The van der Waals surface area contributed by atoms with E-state index in [4.69, 9.17) is 14.4 Å². The van der Waals surface area contributed by atoms with E-state index in [0.29, 0.717) is 17.2 Å². The monoisotopic (exact) mass is 220 g/mol. The predicted molar refractivity (Wildman–Crippen MR) is 53.2 cm³/mol. The van der Waals surface area contributed by atoms with Gasteiger partial charge in [-0.1, -0.05) is 5.16 Å². The third-order valence-corrected chi connectivity index (χ3v) is 1.95. The van der Waals surface area contributed by atoms with Crippen LogP contribution in [0.25, 0.3) is 11.5 Å². The lowest BCUT2D eigenvalue weighted by Crippen LogP contribution is -1.94. The van der Waals surface area contributed by atoms with Gasteiger partial charge in [-0.3, -0.25) is 0 Å². The molecule has 0 bridgehead atoms. The third-order valence-electron chi connectivity index (χ3n) is 1.95. The van der Waals surface area contributed by atoms with E-state index in [9.17, 15) is 4.79 Å². The molecule has 0 aliphatic carbocycles. The van der Waals surface area contributed by atoms with Crippen molar-refractivity contribution in [3.63, 3.8) is 0 Å². The van der Waals surface area contributed by atoms with Crippen molar-refractivity contribution in [2.24, 2.45) is 0 Å². The Bertz CT molecular complexity index is 504. The van der Waals surface area contributed by atoms with E-state index in [1.54, 1.807) is 12.1 Å². The zero-order valence-electron chi connectivity index (χ0n) is 8.38. The highest BCUT2D eigenvalue weighted by atomic mass is 16.5. The van der Waals surface area contributed by atoms with Crippen molar-refractivity contribution < 1.29 is 19.2 Å². The van der Waals surface area contributed by atoms with Crippen LogP contribution < -0.4 is 4.74 Å². The number of nitrogens with zero attached hydrogens (tertiary/aromatic N) is 2. The summed E-state index contributed by atoms with van der Waals surface area (Å²) in [5, 5.41) is 12.1. The van der Waals surface area contributed by atoms with E-state index in [1.807, 2.05) is 0 Å². The summed E-state index contributed by atoms with van der Waals surface area (Å²) in [6.07, 6.45) is 1.51. The van der Waals surface area contributed by atoms with Gasteiger partial charge in [0.05, 0.1) is 13.3 Å². The summed E-state index contributed by atoms with van der Waals surface area (Å²) in [7, 11) is 1.54. The maximum absolute atomic E-state index is 10.6. The van der Waals surface area contributed by atoms with Crippen molar-refractivity contribution in [2.75, 3.05) is 7.11 Å². The van der Waals surface area contributed by atoms with Gasteiger partial charge >= 0.3 is 5.97 Å². The van der Waals surface area contributed by atoms with E-state index in [1.165, 1.54) is 19.4 Å². The fraction of sp³-hybridized carbons (Fsp3) is 0.100. The van der Waals surface area contributed by atoms with Gasteiger partial charge < -0.3 is 14.4 Å². The number of pyridine rings is 1. The Hall–Kier alpha value is -2.37. The summed E-state index contributed by atoms with van der Waals surface area (Å²) in [4.78, 5) is 14.6. The first-order chi connectivity index (χ1) is 7.70. The average molecular weight is 220 g/mol. The number of hydrogen-bond acceptors (Lipinski definition) is 5. The Balaban J connectivity index is 2.31. The van der Waals surface area contributed by atoms with E-state index in [-0.39, 0.29) is 5.69 Å². The normalized spacial score (nSPS) is 10.1. The Kier molecular flexibility index (Phi) is 2.55. The summed E-state index contributed by atoms with van der Waals surface area (Å²) in [5.74, 6) is -0.217. The number of methoxy groups -OCH3 is 1. The number of hydrogen-bond donors (Lipinski definition) is 1. The number of carboxylic acid groups (broad SMARTS) is 1. The smallest absolute Gasteiger partial charge is 0.358 e. The highest BCUT2D eigenvalue weighted by Gasteiger charge is 2.12. The van der Waals surface area contributed by atoms with Gasteiger partial charge in [-0.15, -0.1) is 0 Å². The zero-order chi connectivity index (χ0) is 11.5. The van der Waals surface area contributed by atoms with Crippen LogP contribution in [0.2, 0.25) is 0 Å². The van der Waals surface area contributed by atoms with Gasteiger partial charge in [-0.2, -0.15) is 0 Å². The lowest BCUT2D eigenvalue weighted by atomic mass is 10.2. The quantitative estimate of drug-likeness (QED) is 0.842. The van der Waals surface area contributed by atoms with Crippen molar-refractivity contribution in [3.05, 3.63) is 30.1 Å². The van der Waals surface area contributed by atoms with Gasteiger partial charge in [0, 0.05) is 6.07 Å². The summed E-state index contributed by atoms with van der Waals surface area (Å²) in [6, 6.07) is 4.67. The van der Waals surface area contributed by atoms with E-state index >= 15 is 0 Å².